The second kappa shape index (κ2) is 8.60. The Labute approximate surface area is 184 Å². The van der Waals surface area contributed by atoms with E-state index in [9.17, 15) is 26.4 Å². The van der Waals surface area contributed by atoms with Crippen molar-refractivity contribution in [1.82, 2.24) is 9.97 Å². The standard InChI is InChI=1S/C19H16F3N3O3S3/c1-10(23)18-24-11(2)17(30-18)15-9-29-16(25-15)8-13(26)7-12-3-5-14(6-4-12)31(27,28)19(20,21)22/h3-6,9,23H,7-8H2,1-2H3. The third kappa shape index (κ3) is 5.08. The number of rotatable bonds is 7. The number of hydrogen-bond donors (Lipinski definition) is 1. The number of carbonyl (C=O) groups excluding carboxylic acids is 1. The van der Waals surface area contributed by atoms with Gasteiger partial charge in [0, 0.05) is 11.8 Å². The Morgan fingerprint density at radius 3 is 2.32 bits per heavy atom. The Kier molecular flexibility index (Phi) is 6.44. The lowest BCUT2D eigenvalue weighted by atomic mass is 10.1. The largest absolute Gasteiger partial charge is 0.501 e. The summed E-state index contributed by atoms with van der Waals surface area (Å²) in [6.45, 7) is 3.48. The average molecular weight is 488 g/mol. The van der Waals surface area contributed by atoms with Gasteiger partial charge in [-0.05, 0) is 31.5 Å². The Bertz CT molecular complexity index is 1240. The van der Waals surface area contributed by atoms with E-state index in [1.807, 2.05) is 12.3 Å². The van der Waals surface area contributed by atoms with Gasteiger partial charge in [-0.2, -0.15) is 13.2 Å². The molecule has 6 nitrogen and oxygen atoms in total. The summed E-state index contributed by atoms with van der Waals surface area (Å²) in [5.41, 5.74) is -3.17. The monoisotopic (exact) mass is 487 g/mol. The van der Waals surface area contributed by atoms with Gasteiger partial charge in [-0.15, -0.1) is 22.7 Å². The van der Waals surface area contributed by atoms with Gasteiger partial charge in [0.1, 0.15) is 15.8 Å². The molecule has 0 unspecified atom stereocenters. The summed E-state index contributed by atoms with van der Waals surface area (Å²) in [5, 5.41) is 10.7. The number of halogens is 3. The van der Waals surface area contributed by atoms with Crippen molar-refractivity contribution < 1.29 is 26.4 Å². The van der Waals surface area contributed by atoms with Crippen LogP contribution in [0, 0.1) is 12.3 Å². The Balaban J connectivity index is 1.68. The lowest BCUT2D eigenvalue weighted by molar-refractivity contribution is -0.117. The molecule has 3 rings (SSSR count). The maximum atomic E-state index is 12.6. The molecule has 0 fully saturated rings. The van der Waals surface area contributed by atoms with Crippen LogP contribution in [0.4, 0.5) is 13.2 Å². The van der Waals surface area contributed by atoms with Crippen molar-refractivity contribution in [2.24, 2.45) is 0 Å². The highest BCUT2D eigenvalue weighted by molar-refractivity contribution is 7.92. The number of Topliss-reactive ketones (excluding diaryl/α,β-unsaturated/α-hetero) is 1. The van der Waals surface area contributed by atoms with Crippen molar-refractivity contribution in [3.05, 3.63) is 50.9 Å². The van der Waals surface area contributed by atoms with Crippen molar-refractivity contribution in [3.63, 3.8) is 0 Å². The third-order valence-electron chi connectivity index (χ3n) is 4.19. The van der Waals surface area contributed by atoms with Crippen LogP contribution in [0.1, 0.15) is 28.2 Å². The average Bonchev–Trinajstić information content (AvgIpc) is 3.27. The van der Waals surface area contributed by atoms with Gasteiger partial charge in [0.15, 0.2) is 0 Å². The Morgan fingerprint density at radius 2 is 1.77 bits per heavy atom. The van der Waals surface area contributed by atoms with Gasteiger partial charge in [-0.1, -0.05) is 12.1 Å². The first-order valence-corrected chi connectivity index (χ1v) is 12.0. The molecule has 2 heterocycles. The molecule has 0 saturated carbocycles. The van der Waals surface area contributed by atoms with Crippen molar-refractivity contribution in [1.29, 1.82) is 5.41 Å². The maximum absolute atomic E-state index is 12.6. The number of nitrogens with one attached hydrogen (secondary N) is 1. The first-order chi connectivity index (χ1) is 14.4. The summed E-state index contributed by atoms with van der Waals surface area (Å²) < 4.78 is 60.6. The molecule has 12 heteroatoms. The molecule has 0 spiro atoms. The van der Waals surface area contributed by atoms with Gasteiger partial charge in [-0.25, -0.2) is 18.4 Å². The quantitative estimate of drug-likeness (QED) is 0.491. The van der Waals surface area contributed by atoms with Crippen LogP contribution >= 0.6 is 22.7 Å². The number of aromatic nitrogens is 2. The topological polar surface area (TPSA) is 101 Å². The number of hydrogen-bond acceptors (Lipinski definition) is 8. The fourth-order valence-electron chi connectivity index (χ4n) is 2.67. The highest BCUT2D eigenvalue weighted by Gasteiger charge is 2.46. The van der Waals surface area contributed by atoms with Crippen LogP contribution in [-0.4, -0.2) is 35.4 Å². The first kappa shape index (κ1) is 23.2. The zero-order valence-electron chi connectivity index (χ0n) is 16.3. The molecule has 2 aromatic heterocycles. The summed E-state index contributed by atoms with van der Waals surface area (Å²) >= 11 is 2.66. The van der Waals surface area contributed by atoms with Gasteiger partial charge in [0.25, 0.3) is 9.84 Å². The minimum absolute atomic E-state index is 0.0432. The predicted molar refractivity (Wildman–Crippen MR) is 113 cm³/mol. The summed E-state index contributed by atoms with van der Waals surface area (Å²) in [6.07, 6.45) is -0.0143. The number of carbonyl (C=O) groups is 1. The number of benzene rings is 1. The van der Waals surface area contributed by atoms with E-state index in [1.54, 1.807) is 6.92 Å². The molecule has 0 atom stereocenters. The van der Waals surface area contributed by atoms with Crippen LogP contribution in [0.15, 0.2) is 34.5 Å². The summed E-state index contributed by atoms with van der Waals surface area (Å²) in [4.78, 5) is 21.1. The van der Waals surface area contributed by atoms with E-state index in [-0.39, 0.29) is 18.6 Å². The van der Waals surface area contributed by atoms with Crippen LogP contribution in [0.3, 0.4) is 0 Å². The second-order valence-corrected chi connectivity index (χ2v) is 10.6. The Hall–Kier alpha value is -2.44. The van der Waals surface area contributed by atoms with E-state index in [0.29, 0.717) is 27.0 Å². The molecule has 1 N–H and O–H groups in total. The van der Waals surface area contributed by atoms with Gasteiger partial charge >= 0.3 is 5.51 Å². The maximum Gasteiger partial charge on any atom is 0.501 e. The summed E-state index contributed by atoms with van der Waals surface area (Å²) in [6, 6.07) is 4.10. The molecule has 164 valence electrons. The van der Waals surface area contributed by atoms with Crippen molar-refractivity contribution >= 4 is 44.0 Å². The van der Waals surface area contributed by atoms with Crippen molar-refractivity contribution in [2.45, 2.75) is 37.1 Å². The lowest BCUT2D eigenvalue weighted by Crippen LogP contribution is -2.23. The summed E-state index contributed by atoms with van der Waals surface area (Å²) in [5.74, 6) is -0.204. The number of ketones is 1. The van der Waals surface area contributed by atoms with E-state index < -0.39 is 20.2 Å². The zero-order valence-corrected chi connectivity index (χ0v) is 18.7. The van der Waals surface area contributed by atoms with E-state index in [4.69, 9.17) is 5.41 Å². The molecule has 0 aliphatic rings. The molecular formula is C19H16F3N3O3S3. The fraction of sp³-hybridized carbons (Fsp3) is 0.263. The SMILES string of the molecule is CC(=N)c1nc(C)c(-c2csc(CC(=O)Cc3ccc(S(=O)(=O)C(F)(F)F)cc3)n2)s1. The number of sulfone groups is 1. The highest BCUT2D eigenvalue weighted by atomic mass is 32.2. The number of thiazole rings is 2. The van der Waals surface area contributed by atoms with E-state index >= 15 is 0 Å². The van der Waals surface area contributed by atoms with Crippen molar-refractivity contribution in [3.8, 4) is 10.6 Å². The molecule has 0 radical (unpaired) electrons. The molecule has 0 bridgehead atoms. The van der Waals surface area contributed by atoms with Crippen LogP contribution in [0.25, 0.3) is 10.6 Å². The van der Waals surface area contributed by atoms with Crippen LogP contribution in [0.2, 0.25) is 0 Å². The Morgan fingerprint density at radius 1 is 1.13 bits per heavy atom. The molecule has 0 aliphatic heterocycles. The molecule has 0 amide bonds. The van der Waals surface area contributed by atoms with Crippen LogP contribution in [-0.2, 0) is 27.5 Å². The van der Waals surface area contributed by atoms with E-state index in [1.165, 1.54) is 34.8 Å². The molecule has 31 heavy (non-hydrogen) atoms. The van der Waals surface area contributed by atoms with Gasteiger partial charge in [-0.3, -0.25) is 4.79 Å². The summed E-state index contributed by atoms with van der Waals surface area (Å²) in [7, 11) is -5.41. The minimum Gasteiger partial charge on any atom is -0.302 e. The first-order valence-electron chi connectivity index (χ1n) is 8.78. The number of nitrogens with zero attached hydrogens (tertiary/aromatic N) is 2. The molecule has 0 aliphatic carbocycles. The normalized spacial score (nSPS) is 12.2. The smallest absolute Gasteiger partial charge is 0.302 e. The minimum atomic E-state index is -5.41. The molecule has 3 aromatic rings. The molecular weight excluding hydrogens is 471 g/mol. The lowest BCUT2D eigenvalue weighted by Gasteiger charge is -2.08. The van der Waals surface area contributed by atoms with E-state index in [2.05, 4.69) is 9.97 Å². The van der Waals surface area contributed by atoms with Crippen LogP contribution < -0.4 is 0 Å². The molecule has 1 aromatic carbocycles. The number of alkyl halides is 3. The van der Waals surface area contributed by atoms with Gasteiger partial charge in [0.05, 0.1) is 33.3 Å². The number of aryl methyl sites for hydroxylation is 1. The molecule has 0 saturated heterocycles. The van der Waals surface area contributed by atoms with E-state index in [0.717, 1.165) is 22.7 Å². The van der Waals surface area contributed by atoms with Gasteiger partial charge < -0.3 is 5.41 Å². The predicted octanol–water partition coefficient (Wildman–Crippen LogP) is 4.61. The van der Waals surface area contributed by atoms with Crippen LogP contribution in [0.5, 0.6) is 0 Å². The zero-order chi connectivity index (χ0) is 23.0. The third-order valence-corrected chi connectivity index (χ3v) is 7.84. The van der Waals surface area contributed by atoms with Gasteiger partial charge in [0.2, 0.25) is 0 Å². The second-order valence-electron chi connectivity index (χ2n) is 6.67. The highest BCUT2D eigenvalue weighted by Crippen LogP contribution is 2.32. The fourth-order valence-corrected chi connectivity index (χ4v) is 5.25. The van der Waals surface area contributed by atoms with Crippen molar-refractivity contribution in [2.75, 3.05) is 0 Å².